The lowest BCUT2D eigenvalue weighted by atomic mass is 10.1. The lowest BCUT2D eigenvalue weighted by molar-refractivity contribution is -0.143. The second kappa shape index (κ2) is 14.7. The summed E-state index contributed by atoms with van der Waals surface area (Å²) in [6.07, 6.45) is 1.03. The van der Waals surface area contributed by atoms with E-state index in [0.29, 0.717) is 30.5 Å². The Labute approximate surface area is 246 Å². The molecule has 2 amide bonds. The number of carbonyl (C=O) groups excluding carboxylic acids is 4. The number of hydrogen-bond donors (Lipinski definition) is 2. The summed E-state index contributed by atoms with van der Waals surface area (Å²) in [6.45, 7) is 0.293. The molecule has 1 aliphatic heterocycles. The molecule has 41 heavy (non-hydrogen) atoms. The predicted molar refractivity (Wildman–Crippen MR) is 160 cm³/mol. The van der Waals surface area contributed by atoms with Gasteiger partial charge in [0.1, 0.15) is 17.3 Å². The van der Waals surface area contributed by atoms with Crippen LogP contribution < -0.4 is 5.32 Å². The van der Waals surface area contributed by atoms with E-state index >= 15 is 0 Å². The van der Waals surface area contributed by atoms with Crippen molar-refractivity contribution in [2.24, 2.45) is 0 Å². The number of carboxylic acids is 1. The molecule has 10 heteroatoms. The van der Waals surface area contributed by atoms with E-state index in [2.05, 4.69) is 5.32 Å². The topological polar surface area (TPSA) is 121 Å². The monoisotopic (exact) mass is 590 g/mol. The fraction of sp³-hybridized carbons (Fsp3) is 0.258. The zero-order valence-electron chi connectivity index (χ0n) is 22.2. The molecule has 1 saturated heterocycles. The summed E-state index contributed by atoms with van der Waals surface area (Å²) < 4.78 is 0. The van der Waals surface area contributed by atoms with Crippen LogP contribution in [0.4, 0.5) is 0 Å². The molecule has 0 saturated carbocycles. The van der Waals surface area contributed by atoms with Crippen molar-refractivity contribution >= 4 is 51.5 Å². The van der Waals surface area contributed by atoms with Crippen LogP contribution in [-0.2, 0) is 20.8 Å². The third-order valence-electron chi connectivity index (χ3n) is 6.65. The van der Waals surface area contributed by atoms with Crippen molar-refractivity contribution < 1.29 is 29.1 Å². The maximum Gasteiger partial charge on any atom is 0.326 e. The molecular formula is C31H30N2O6S2. The highest BCUT2D eigenvalue weighted by atomic mass is 32.2. The van der Waals surface area contributed by atoms with Crippen LogP contribution in [0.2, 0.25) is 0 Å². The van der Waals surface area contributed by atoms with Crippen molar-refractivity contribution in [1.29, 1.82) is 0 Å². The summed E-state index contributed by atoms with van der Waals surface area (Å²) in [4.78, 5) is 66.3. The Morgan fingerprint density at radius 3 is 1.98 bits per heavy atom. The van der Waals surface area contributed by atoms with E-state index < -0.39 is 35.1 Å². The van der Waals surface area contributed by atoms with Crippen molar-refractivity contribution in [2.75, 3.05) is 12.3 Å². The number of benzene rings is 3. The molecule has 4 rings (SSSR count). The van der Waals surface area contributed by atoms with Crippen LogP contribution in [0, 0.1) is 0 Å². The Morgan fingerprint density at radius 1 is 0.829 bits per heavy atom. The Morgan fingerprint density at radius 2 is 1.39 bits per heavy atom. The minimum Gasteiger partial charge on any atom is -0.480 e. The summed E-state index contributed by atoms with van der Waals surface area (Å²) in [6, 6.07) is 24.2. The number of carboxylic acid groups (broad SMARTS) is 1. The summed E-state index contributed by atoms with van der Waals surface area (Å²) in [5.74, 6) is -2.12. The molecular weight excluding hydrogens is 560 g/mol. The van der Waals surface area contributed by atoms with Gasteiger partial charge in [-0.2, -0.15) is 0 Å². The number of rotatable bonds is 11. The second-order valence-electron chi connectivity index (χ2n) is 9.50. The Kier molecular flexibility index (Phi) is 10.8. The van der Waals surface area contributed by atoms with E-state index in [0.717, 1.165) is 29.1 Å². The van der Waals surface area contributed by atoms with Gasteiger partial charge in [0.15, 0.2) is 0 Å². The zero-order valence-corrected chi connectivity index (χ0v) is 23.8. The van der Waals surface area contributed by atoms with Gasteiger partial charge in [0.25, 0.3) is 0 Å². The molecule has 3 aromatic carbocycles. The van der Waals surface area contributed by atoms with Crippen molar-refractivity contribution in [3.63, 3.8) is 0 Å². The molecule has 3 atom stereocenters. The first-order valence-corrected chi connectivity index (χ1v) is 15.1. The highest BCUT2D eigenvalue weighted by molar-refractivity contribution is 8.18. The molecule has 0 radical (unpaired) electrons. The molecule has 2 N–H and O–H groups in total. The molecule has 1 heterocycles. The van der Waals surface area contributed by atoms with E-state index in [9.17, 15) is 29.1 Å². The van der Waals surface area contributed by atoms with Gasteiger partial charge in [-0.3, -0.25) is 19.2 Å². The van der Waals surface area contributed by atoms with E-state index in [1.165, 1.54) is 4.90 Å². The third-order valence-corrected chi connectivity index (χ3v) is 8.96. The van der Waals surface area contributed by atoms with Gasteiger partial charge in [0, 0.05) is 29.8 Å². The van der Waals surface area contributed by atoms with Gasteiger partial charge in [-0.15, -0.1) is 0 Å². The van der Waals surface area contributed by atoms with Gasteiger partial charge < -0.3 is 15.3 Å². The average molecular weight is 591 g/mol. The quantitative estimate of drug-likeness (QED) is 0.339. The zero-order chi connectivity index (χ0) is 29.2. The summed E-state index contributed by atoms with van der Waals surface area (Å²) in [5.41, 5.74) is 1.67. The molecule has 0 unspecified atom stereocenters. The van der Waals surface area contributed by atoms with Crippen molar-refractivity contribution in [3.05, 3.63) is 108 Å². The first-order chi connectivity index (χ1) is 19.8. The molecule has 212 valence electrons. The number of aliphatic carboxylic acids is 1. The summed E-state index contributed by atoms with van der Waals surface area (Å²) >= 11 is 1.78. The Bertz CT molecular complexity index is 1370. The highest BCUT2D eigenvalue weighted by Crippen LogP contribution is 2.28. The smallest absolute Gasteiger partial charge is 0.326 e. The van der Waals surface area contributed by atoms with Gasteiger partial charge in [-0.25, -0.2) is 4.79 Å². The van der Waals surface area contributed by atoms with Gasteiger partial charge in [-0.05, 0) is 18.4 Å². The van der Waals surface area contributed by atoms with Gasteiger partial charge >= 0.3 is 5.97 Å². The molecule has 8 nitrogen and oxygen atoms in total. The first kappa shape index (κ1) is 30.1. The van der Waals surface area contributed by atoms with Crippen LogP contribution in [0.5, 0.6) is 0 Å². The van der Waals surface area contributed by atoms with E-state index in [1.807, 2.05) is 6.07 Å². The van der Waals surface area contributed by atoms with Crippen LogP contribution >= 0.6 is 23.5 Å². The minimum atomic E-state index is -1.17. The lowest BCUT2D eigenvalue weighted by Crippen LogP contribution is -2.53. The van der Waals surface area contributed by atoms with Gasteiger partial charge in [-0.1, -0.05) is 115 Å². The standard InChI is InChI=1S/C31H30N2O6S2/c34-27(32-24(29(36)37)19-21-11-4-1-5-12-21)25-17-10-18-33(25)28(35)26(41-31(39)23-15-8-3-9-16-23)20-40-30(38)22-13-6-2-7-14-22/h1-9,11-16,24-26H,10,17-20H2,(H,32,34)(H,36,37)/t24-,25-,26+/m0/s1. The number of amides is 2. The molecule has 1 fully saturated rings. The number of carbonyl (C=O) groups is 5. The van der Waals surface area contributed by atoms with Crippen molar-refractivity contribution in [2.45, 2.75) is 36.6 Å². The molecule has 1 aliphatic rings. The van der Waals surface area contributed by atoms with Crippen LogP contribution in [0.15, 0.2) is 91.0 Å². The number of likely N-dealkylation sites (tertiary alicyclic amines) is 1. The molecule has 0 aromatic heterocycles. The fourth-order valence-corrected chi connectivity index (χ4v) is 6.53. The largest absolute Gasteiger partial charge is 0.480 e. The maximum absolute atomic E-state index is 13.8. The minimum absolute atomic E-state index is 0.0341. The first-order valence-electron chi connectivity index (χ1n) is 13.2. The lowest BCUT2D eigenvalue weighted by Gasteiger charge is -2.28. The normalized spacial score (nSPS) is 16.0. The Balaban J connectivity index is 1.48. The van der Waals surface area contributed by atoms with Crippen LogP contribution in [0.1, 0.15) is 39.1 Å². The summed E-state index contributed by atoms with van der Waals surface area (Å²) in [7, 11) is 0. The average Bonchev–Trinajstić information content (AvgIpc) is 3.50. The van der Waals surface area contributed by atoms with Crippen molar-refractivity contribution in [1.82, 2.24) is 10.2 Å². The molecule has 0 aliphatic carbocycles. The summed E-state index contributed by atoms with van der Waals surface area (Å²) in [5, 5.41) is 10.9. The molecule has 0 bridgehead atoms. The number of nitrogens with zero attached hydrogens (tertiary/aromatic N) is 1. The predicted octanol–water partition coefficient (Wildman–Crippen LogP) is 4.31. The molecule has 0 spiro atoms. The number of hydrogen-bond acceptors (Lipinski definition) is 7. The number of thioether (sulfide) groups is 2. The van der Waals surface area contributed by atoms with Crippen LogP contribution in [0.3, 0.4) is 0 Å². The maximum atomic E-state index is 13.8. The highest BCUT2D eigenvalue weighted by Gasteiger charge is 2.39. The van der Waals surface area contributed by atoms with E-state index in [-0.39, 0.29) is 22.4 Å². The van der Waals surface area contributed by atoms with Gasteiger partial charge in [0.05, 0.1) is 0 Å². The molecule has 3 aromatic rings. The van der Waals surface area contributed by atoms with Gasteiger partial charge in [0.2, 0.25) is 22.0 Å². The number of nitrogens with one attached hydrogen (secondary N) is 1. The second-order valence-corrected chi connectivity index (χ2v) is 11.7. The van der Waals surface area contributed by atoms with E-state index in [4.69, 9.17) is 0 Å². The van der Waals surface area contributed by atoms with Crippen LogP contribution in [-0.4, -0.2) is 67.7 Å². The van der Waals surface area contributed by atoms with Crippen molar-refractivity contribution in [3.8, 4) is 0 Å². The Hall–Kier alpha value is -3.89. The third kappa shape index (κ3) is 8.31. The SMILES string of the molecule is O=C(SC[C@@H](SC(=O)c1ccccc1)C(=O)N1CCC[C@H]1C(=O)N[C@@H](Cc1ccccc1)C(=O)O)c1ccccc1. The van der Waals surface area contributed by atoms with E-state index in [1.54, 1.807) is 84.9 Å². The fourth-order valence-electron chi connectivity index (χ4n) is 4.54. The van der Waals surface area contributed by atoms with Crippen LogP contribution in [0.25, 0.3) is 0 Å².